The molecule has 18 heavy (non-hydrogen) atoms. The van der Waals surface area contributed by atoms with Crippen LogP contribution in [0.2, 0.25) is 0 Å². The van der Waals surface area contributed by atoms with Crippen LogP contribution in [-0.2, 0) is 0 Å². The van der Waals surface area contributed by atoms with Crippen LogP contribution in [0.1, 0.15) is 96.8 Å². The third kappa shape index (κ3) is 15.9. The van der Waals surface area contributed by atoms with E-state index in [0.29, 0.717) is 0 Å². The minimum atomic E-state index is 0.970. The molecule has 0 atom stereocenters. The van der Waals surface area contributed by atoms with Gasteiger partial charge in [0.1, 0.15) is 0 Å². The number of rotatable bonds is 15. The smallest absolute Gasteiger partial charge is 0.00974 e. The quantitative estimate of drug-likeness (QED) is 0.248. The number of hydrogen-bond donors (Lipinski definition) is 2. The second kappa shape index (κ2) is 16.9. The maximum atomic E-state index is 5.23. The zero-order valence-electron chi connectivity index (χ0n) is 12.7. The zero-order valence-corrected chi connectivity index (χ0v) is 12.7. The van der Waals surface area contributed by atoms with Crippen LogP contribution in [0.3, 0.4) is 0 Å². The van der Waals surface area contributed by atoms with Crippen molar-refractivity contribution in [3.05, 3.63) is 0 Å². The van der Waals surface area contributed by atoms with Gasteiger partial charge in [-0.3, -0.25) is 11.3 Å². The summed E-state index contributed by atoms with van der Waals surface area (Å²) in [5.74, 6) is 5.23. The third-order valence-electron chi connectivity index (χ3n) is 3.67. The number of nitrogens with two attached hydrogens (primary N) is 1. The minimum Gasteiger partial charge on any atom is -0.271 e. The average molecular weight is 256 g/mol. The van der Waals surface area contributed by atoms with Crippen LogP contribution in [0, 0.1) is 0 Å². The summed E-state index contributed by atoms with van der Waals surface area (Å²) in [6, 6.07) is 0. The topological polar surface area (TPSA) is 38.0 Å². The molecule has 0 aromatic carbocycles. The van der Waals surface area contributed by atoms with Gasteiger partial charge in [0.2, 0.25) is 0 Å². The maximum absolute atomic E-state index is 5.23. The van der Waals surface area contributed by atoms with E-state index >= 15 is 0 Å². The molecule has 0 aliphatic rings. The molecule has 0 aliphatic carbocycles. The van der Waals surface area contributed by atoms with Crippen LogP contribution in [0.5, 0.6) is 0 Å². The van der Waals surface area contributed by atoms with Crippen molar-refractivity contribution >= 4 is 0 Å². The Morgan fingerprint density at radius 1 is 0.556 bits per heavy atom. The summed E-state index contributed by atoms with van der Waals surface area (Å²) in [5, 5.41) is 0. The summed E-state index contributed by atoms with van der Waals surface area (Å²) in [7, 11) is 0. The van der Waals surface area contributed by atoms with Crippen molar-refractivity contribution in [1.29, 1.82) is 0 Å². The molecule has 0 radical (unpaired) electrons. The molecule has 0 fully saturated rings. The first kappa shape index (κ1) is 17.9. The van der Waals surface area contributed by atoms with Gasteiger partial charge in [-0.05, 0) is 6.42 Å². The molecule has 0 aromatic heterocycles. The van der Waals surface area contributed by atoms with Crippen LogP contribution in [0.25, 0.3) is 0 Å². The molecule has 110 valence electrons. The van der Waals surface area contributed by atoms with E-state index in [1.807, 2.05) is 0 Å². The number of nitrogens with one attached hydrogen (secondary N) is 1. The predicted molar refractivity (Wildman–Crippen MR) is 82.5 cm³/mol. The highest BCUT2D eigenvalue weighted by Crippen LogP contribution is 2.12. The van der Waals surface area contributed by atoms with E-state index in [1.165, 1.54) is 89.9 Å². The summed E-state index contributed by atoms with van der Waals surface area (Å²) < 4.78 is 0. The van der Waals surface area contributed by atoms with Gasteiger partial charge in [0.15, 0.2) is 0 Å². The van der Waals surface area contributed by atoms with Crippen molar-refractivity contribution in [2.45, 2.75) is 96.8 Å². The van der Waals surface area contributed by atoms with Gasteiger partial charge in [0.25, 0.3) is 0 Å². The minimum absolute atomic E-state index is 0.970. The van der Waals surface area contributed by atoms with Crippen LogP contribution < -0.4 is 11.3 Å². The number of hydrogen-bond acceptors (Lipinski definition) is 2. The lowest BCUT2D eigenvalue weighted by atomic mass is 10.0. The summed E-state index contributed by atoms with van der Waals surface area (Å²) in [5.41, 5.74) is 2.71. The second-order valence-corrected chi connectivity index (χ2v) is 5.55. The van der Waals surface area contributed by atoms with Crippen LogP contribution in [-0.4, -0.2) is 6.54 Å². The largest absolute Gasteiger partial charge is 0.271 e. The molecule has 0 bridgehead atoms. The first-order valence-electron chi connectivity index (χ1n) is 8.35. The Bertz CT molecular complexity index is 121. The third-order valence-corrected chi connectivity index (χ3v) is 3.67. The predicted octanol–water partition coefficient (Wildman–Crippen LogP) is 4.93. The molecule has 2 heteroatoms. The highest BCUT2D eigenvalue weighted by Gasteiger charge is 1.93. The van der Waals surface area contributed by atoms with Crippen molar-refractivity contribution in [3.63, 3.8) is 0 Å². The van der Waals surface area contributed by atoms with Crippen LogP contribution in [0.4, 0.5) is 0 Å². The molecule has 0 heterocycles. The van der Waals surface area contributed by atoms with Crippen molar-refractivity contribution in [1.82, 2.24) is 5.43 Å². The van der Waals surface area contributed by atoms with E-state index in [2.05, 4.69) is 12.3 Å². The van der Waals surface area contributed by atoms with Gasteiger partial charge in [0.05, 0.1) is 0 Å². The highest BCUT2D eigenvalue weighted by molar-refractivity contribution is 4.49. The Labute approximate surface area is 115 Å². The van der Waals surface area contributed by atoms with Gasteiger partial charge >= 0.3 is 0 Å². The van der Waals surface area contributed by atoms with Gasteiger partial charge in [-0.1, -0.05) is 90.4 Å². The molecule has 3 N–H and O–H groups in total. The Kier molecular flexibility index (Phi) is 16.8. The standard InChI is InChI=1S/C16H36N2/c1-2-3-4-5-6-7-8-9-10-11-12-13-14-15-16-18-17/h18H,2-17H2,1H3. The molecule has 0 saturated carbocycles. The Morgan fingerprint density at radius 3 is 1.22 bits per heavy atom. The Hall–Kier alpha value is -0.0800. The van der Waals surface area contributed by atoms with Crippen molar-refractivity contribution in [3.8, 4) is 0 Å². The van der Waals surface area contributed by atoms with Gasteiger partial charge in [0, 0.05) is 6.54 Å². The fourth-order valence-electron chi connectivity index (χ4n) is 2.42. The molecule has 0 spiro atoms. The highest BCUT2D eigenvalue weighted by atomic mass is 15.2. The lowest BCUT2D eigenvalue weighted by molar-refractivity contribution is 0.531. The molecule has 0 unspecified atom stereocenters. The molecule has 0 amide bonds. The zero-order chi connectivity index (χ0) is 13.3. The van der Waals surface area contributed by atoms with Gasteiger partial charge < -0.3 is 0 Å². The Morgan fingerprint density at radius 2 is 0.889 bits per heavy atom. The van der Waals surface area contributed by atoms with Gasteiger partial charge in [-0.2, -0.15) is 0 Å². The molecule has 2 nitrogen and oxygen atoms in total. The molecule has 0 aromatic rings. The van der Waals surface area contributed by atoms with Gasteiger partial charge in [-0.25, -0.2) is 0 Å². The normalized spacial score (nSPS) is 11.0. The van der Waals surface area contributed by atoms with Crippen molar-refractivity contribution in [2.75, 3.05) is 6.54 Å². The van der Waals surface area contributed by atoms with E-state index in [-0.39, 0.29) is 0 Å². The van der Waals surface area contributed by atoms with Crippen LogP contribution >= 0.6 is 0 Å². The number of hydrazine groups is 1. The monoisotopic (exact) mass is 256 g/mol. The fourth-order valence-corrected chi connectivity index (χ4v) is 2.42. The van der Waals surface area contributed by atoms with Gasteiger partial charge in [-0.15, -0.1) is 0 Å². The van der Waals surface area contributed by atoms with E-state index < -0.39 is 0 Å². The molecule has 0 aliphatic heterocycles. The van der Waals surface area contributed by atoms with E-state index in [1.54, 1.807) is 0 Å². The lowest BCUT2D eigenvalue weighted by Crippen LogP contribution is -2.22. The lowest BCUT2D eigenvalue weighted by Gasteiger charge is -2.03. The summed E-state index contributed by atoms with van der Waals surface area (Å²) in [6.45, 7) is 3.25. The molecule has 0 rings (SSSR count). The summed E-state index contributed by atoms with van der Waals surface area (Å²) in [4.78, 5) is 0. The first-order chi connectivity index (χ1) is 8.91. The Balaban J connectivity index is 2.86. The maximum Gasteiger partial charge on any atom is 0.00974 e. The molecular formula is C16H36N2. The van der Waals surface area contributed by atoms with E-state index in [0.717, 1.165) is 6.54 Å². The van der Waals surface area contributed by atoms with E-state index in [4.69, 9.17) is 5.84 Å². The summed E-state index contributed by atoms with van der Waals surface area (Å²) >= 11 is 0. The van der Waals surface area contributed by atoms with Crippen molar-refractivity contribution < 1.29 is 0 Å². The second-order valence-electron chi connectivity index (χ2n) is 5.55. The SMILES string of the molecule is CCCCCCCCCCCCCCCCNN. The number of unbranched alkanes of at least 4 members (excludes halogenated alkanes) is 13. The van der Waals surface area contributed by atoms with Crippen LogP contribution in [0.15, 0.2) is 0 Å². The van der Waals surface area contributed by atoms with Crippen molar-refractivity contribution in [2.24, 2.45) is 5.84 Å². The molecular weight excluding hydrogens is 220 g/mol. The summed E-state index contributed by atoms with van der Waals surface area (Å²) in [6.07, 6.45) is 19.8. The molecule has 0 saturated heterocycles. The first-order valence-corrected chi connectivity index (χ1v) is 8.35. The fraction of sp³-hybridized carbons (Fsp3) is 1.00. The average Bonchev–Trinajstić information content (AvgIpc) is 2.39. The van der Waals surface area contributed by atoms with E-state index in [9.17, 15) is 0 Å².